The number of hydrogen-bond acceptors (Lipinski definition) is 3. The molecule has 1 fully saturated rings. The van der Waals surface area contributed by atoms with Crippen molar-refractivity contribution in [1.82, 2.24) is 4.90 Å². The van der Waals surface area contributed by atoms with Crippen molar-refractivity contribution in [3.8, 4) is 0 Å². The normalized spacial score (nSPS) is 17.5. The summed E-state index contributed by atoms with van der Waals surface area (Å²) in [6, 6.07) is 12.5. The van der Waals surface area contributed by atoms with Gasteiger partial charge in [-0.05, 0) is 48.7 Å². The summed E-state index contributed by atoms with van der Waals surface area (Å²) in [7, 11) is -3.41. The molecule has 0 radical (unpaired) electrons. The highest BCUT2D eigenvalue weighted by Crippen LogP contribution is 2.33. The maximum Gasteiger partial charge on any atom is 0.254 e. The molecule has 7 heteroatoms. The highest BCUT2D eigenvalue weighted by atomic mass is 32.2. The highest BCUT2D eigenvalue weighted by Gasteiger charge is 2.30. The summed E-state index contributed by atoms with van der Waals surface area (Å²) < 4.78 is 38.2. The van der Waals surface area contributed by atoms with Gasteiger partial charge < -0.3 is 4.90 Å². The molecule has 5 nitrogen and oxygen atoms in total. The van der Waals surface area contributed by atoms with Crippen molar-refractivity contribution in [3.63, 3.8) is 0 Å². The van der Waals surface area contributed by atoms with Gasteiger partial charge in [-0.3, -0.25) is 9.52 Å². The minimum Gasteiger partial charge on any atom is -0.332 e. The van der Waals surface area contributed by atoms with E-state index in [1.54, 1.807) is 35.2 Å². The second-order valence-electron chi connectivity index (χ2n) is 6.16. The van der Waals surface area contributed by atoms with Crippen LogP contribution in [0.4, 0.5) is 10.1 Å². The summed E-state index contributed by atoms with van der Waals surface area (Å²) in [6.45, 7) is 0.616. The van der Waals surface area contributed by atoms with Gasteiger partial charge in [0.2, 0.25) is 10.0 Å². The summed E-state index contributed by atoms with van der Waals surface area (Å²) in [6.07, 6.45) is 2.75. The van der Waals surface area contributed by atoms with Gasteiger partial charge in [0.25, 0.3) is 5.91 Å². The fourth-order valence-corrected chi connectivity index (χ4v) is 3.69. The second-order valence-corrected chi connectivity index (χ2v) is 7.91. The number of rotatable bonds is 4. The van der Waals surface area contributed by atoms with E-state index < -0.39 is 10.0 Å². The van der Waals surface area contributed by atoms with E-state index in [9.17, 15) is 17.6 Å². The molecule has 0 aromatic heterocycles. The third-order valence-corrected chi connectivity index (χ3v) is 4.79. The van der Waals surface area contributed by atoms with Crippen LogP contribution in [0.2, 0.25) is 0 Å². The molecule has 2 aromatic carbocycles. The summed E-state index contributed by atoms with van der Waals surface area (Å²) in [4.78, 5) is 14.6. The predicted molar refractivity (Wildman–Crippen MR) is 94.3 cm³/mol. The molecule has 1 amide bonds. The average molecular weight is 362 g/mol. The van der Waals surface area contributed by atoms with Crippen LogP contribution in [0.5, 0.6) is 0 Å². The lowest BCUT2D eigenvalue weighted by Crippen LogP contribution is -2.30. The monoisotopic (exact) mass is 362 g/mol. The standard InChI is InChI=1S/C18H19FN2O3S/c1-25(23,24)20-16-5-2-4-14(12-16)18(22)21-11-3-6-17(21)13-7-9-15(19)10-8-13/h2,4-5,7-10,12,17,20H,3,6,11H2,1H3. The van der Waals surface area contributed by atoms with E-state index in [0.29, 0.717) is 17.8 Å². The third-order valence-electron chi connectivity index (χ3n) is 4.18. The van der Waals surface area contributed by atoms with E-state index in [2.05, 4.69) is 4.72 Å². The van der Waals surface area contributed by atoms with Crippen LogP contribution in [0.15, 0.2) is 48.5 Å². The van der Waals surface area contributed by atoms with E-state index in [4.69, 9.17) is 0 Å². The van der Waals surface area contributed by atoms with Gasteiger partial charge in [-0.15, -0.1) is 0 Å². The number of likely N-dealkylation sites (tertiary alicyclic amines) is 1. The molecule has 1 unspecified atom stereocenters. The molecule has 0 bridgehead atoms. The van der Waals surface area contributed by atoms with Crippen LogP contribution >= 0.6 is 0 Å². The van der Waals surface area contributed by atoms with Gasteiger partial charge in [-0.2, -0.15) is 0 Å². The largest absolute Gasteiger partial charge is 0.332 e. The quantitative estimate of drug-likeness (QED) is 0.908. The molecular formula is C18H19FN2O3S. The van der Waals surface area contributed by atoms with Crippen molar-refractivity contribution < 1.29 is 17.6 Å². The molecule has 0 spiro atoms. The molecular weight excluding hydrogens is 343 g/mol. The zero-order chi connectivity index (χ0) is 18.0. The first-order valence-corrected chi connectivity index (χ1v) is 9.87. The lowest BCUT2D eigenvalue weighted by atomic mass is 10.0. The number of nitrogens with zero attached hydrogens (tertiary/aromatic N) is 1. The fourth-order valence-electron chi connectivity index (χ4n) is 3.14. The number of anilines is 1. The van der Waals surface area contributed by atoms with Crippen LogP contribution in [0.3, 0.4) is 0 Å². The molecule has 1 heterocycles. The molecule has 0 saturated carbocycles. The predicted octanol–water partition coefficient (Wildman–Crippen LogP) is 3.17. The molecule has 1 aliphatic rings. The Balaban J connectivity index is 1.84. The van der Waals surface area contributed by atoms with Crippen LogP contribution in [0, 0.1) is 5.82 Å². The van der Waals surface area contributed by atoms with Crippen molar-refractivity contribution in [2.24, 2.45) is 0 Å². The Bertz CT molecular complexity index is 881. The highest BCUT2D eigenvalue weighted by molar-refractivity contribution is 7.92. The Kier molecular flexibility index (Phi) is 4.76. The SMILES string of the molecule is CS(=O)(=O)Nc1cccc(C(=O)N2CCCC2c2ccc(F)cc2)c1. The molecule has 25 heavy (non-hydrogen) atoms. The first-order valence-electron chi connectivity index (χ1n) is 7.98. The van der Waals surface area contributed by atoms with E-state index in [1.807, 2.05) is 0 Å². The summed E-state index contributed by atoms with van der Waals surface area (Å²) in [5.74, 6) is -0.469. The number of benzene rings is 2. The van der Waals surface area contributed by atoms with Crippen molar-refractivity contribution >= 4 is 21.6 Å². The summed E-state index contributed by atoms with van der Waals surface area (Å²) in [5.41, 5.74) is 1.67. The van der Waals surface area contributed by atoms with Crippen molar-refractivity contribution in [2.75, 3.05) is 17.5 Å². The number of carbonyl (C=O) groups excluding carboxylic acids is 1. The molecule has 132 valence electrons. The minimum atomic E-state index is -3.41. The number of halogens is 1. The van der Waals surface area contributed by atoms with Gasteiger partial charge in [0.15, 0.2) is 0 Å². The van der Waals surface area contributed by atoms with Crippen molar-refractivity contribution in [1.29, 1.82) is 0 Å². The van der Waals surface area contributed by atoms with Gasteiger partial charge in [0, 0.05) is 17.8 Å². The van der Waals surface area contributed by atoms with E-state index in [1.165, 1.54) is 18.2 Å². The van der Waals surface area contributed by atoms with Gasteiger partial charge in [0.1, 0.15) is 5.82 Å². The Labute approximate surface area is 146 Å². The minimum absolute atomic E-state index is 0.0976. The lowest BCUT2D eigenvalue weighted by Gasteiger charge is -2.25. The zero-order valence-corrected chi connectivity index (χ0v) is 14.6. The second kappa shape index (κ2) is 6.84. The first kappa shape index (κ1) is 17.4. The number of carbonyl (C=O) groups is 1. The molecule has 1 saturated heterocycles. The van der Waals surface area contributed by atoms with Crippen LogP contribution < -0.4 is 4.72 Å². The van der Waals surface area contributed by atoms with Crippen molar-refractivity contribution in [2.45, 2.75) is 18.9 Å². The summed E-state index contributed by atoms with van der Waals surface area (Å²) >= 11 is 0. The molecule has 1 N–H and O–H groups in total. The number of hydrogen-bond donors (Lipinski definition) is 1. The zero-order valence-electron chi connectivity index (χ0n) is 13.8. The van der Waals surface area contributed by atoms with Gasteiger partial charge >= 0.3 is 0 Å². The Morgan fingerprint density at radius 1 is 1.20 bits per heavy atom. The topological polar surface area (TPSA) is 66.5 Å². The lowest BCUT2D eigenvalue weighted by molar-refractivity contribution is 0.0735. The summed E-state index contributed by atoms with van der Waals surface area (Å²) in [5, 5.41) is 0. The molecule has 2 aromatic rings. The number of sulfonamides is 1. The number of amides is 1. The van der Waals surface area contributed by atoms with Crippen molar-refractivity contribution in [3.05, 3.63) is 65.5 Å². The van der Waals surface area contributed by atoms with E-state index >= 15 is 0 Å². The fraction of sp³-hybridized carbons (Fsp3) is 0.278. The van der Waals surface area contributed by atoms with Gasteiger partial charge in [0.05, 0.1) is 12.3 Å². The van der Waals surface area contributed by atoms with Crippen LogP contribution in [-0.2, 0) is 10.0 Å². The Morgan fingerprint density at radius 3 is 2.60 bits per heavy atom. The average Bonchev–Trinajstić information content (AvgIpc) is 3.03. The Hall–Kier alpha value is -2.41. The molecule has 1 atom stereocenters. The van der Waals surface area contributed by atoms with Crippen LogP contribution in [0.1, 0.15) is 34.8 Å². The van der Waals surface area contributed by atoms with E-state index in [-0.39, 0.29) is 17.8 Å². The van der Waals surface area contributed by atoms with Gasteiger partial charge in [-0.25, -0.2) is 12.8 Å². The van der Waals surface area contributed by atoms with E-state index in [0.717, 1.165) is 24.7 Å². The first-order chi connectivity index (χ1) is 11.8. The Morgan fingerprint density at radius 2 is 1.92 bits per heavy atom. The molecule has 1 aliphatic heterocycles. The maximum absolute atomic E-state index is 13.1. The maximum atomic E-state index is 13.1. The number of nitrogens with one attached hydrogen (secondary N) is 1. The molecule has 3 rings (SSSR count). The smallest absolute Gasteiger partial charge is 0.254 e. The van der Waals surface area contributed by atoms with Gasteiger partial charge in [-0.1, -0.05) is 18.2 Å². The van der Waals surface area contributed by atoms with Crippen LogP contribution in [0.25, 0.3) is 0 Å². The molecule has 0 aliphatic carbocycles. The third kappa shape index (κ3) is 4.17. The van der Waals surface area contributed by atoms with Crippen LogP contribution in [-0.4, -0.2) is 32.0 Å².